The van der Waals surface area contributed by atoms with E-state index < -0.39 is 12.1 Å². The molecule has 2 aromatic rings. The third-order valence-corrected chi connectivity index (χ3v) is 4.00. The second-order valence-electron chi connectivity index (χ2n) is 6.47. The maximum atomic E-state index is 13.0. The number of hydrogen-bond donors (Lipinski definition) is 3. The summed E-state index contributed by atoms with van der Waals surface area (Å²) in [5.74, 6) is -0.719. The summed E-state index contributed by atoms with van der Waals surface area (Å²) in [5.41, 5.74) is 1.43. The van der Waals surface area contributed by atoms with Gasteiger partial charge >= 0.3 is 6.03 Å². The van der Waals surface area contributed by atoms with Gasteiger partial charge < -0.3 is 16.0 Å². The minimum atomic E-state index is -0.693. The van der Waals surface area contributed by atoms with Crippen LogP contribution in [0.3, 0.4) is 0 Å². The van der Waals surface area contributed by atoms with E-state index >= 15 is 0 Å². The molecule has 2 atom stereocenters. The lowest BCUT2D eigenvalue weighted by Gasteiger charge is -2.24. The number of amides is 3. The molecule has 0 radical (unpaired) electrons. The molecule has 3 N–H and O–H groups in total. The van der Waals surface area contributed by atoms with Gasteiger partial charge in [-0.05, 0) is 42.7 Å². The Morgan fingerprint density at radius 2 is 1.50 bits per heavy atom. The van der Waals surface area contributed by atoms with Crippen LogP contribution in [0.5, 0.6) is 0 Å². The lowest BCUT2D eigenvalue weighted by Crippen LogP contribution is -2.51. The van der Waals surface area contributed by atoms with E-state index in [4.69, 9.17) is 0 Å². The van der Waals surface area contributed by atoms with Gasteiger partial charge in [0.25, 0.3) is 0 Å². The lowest BCUT2D eigenvalue weighted by molar-refractivity contribution is -0.124. The van der Waals surface area contributed by atoms with E-state index in [1.54, 1.807) is 24.3 Å². The van der Waals surface area contributed by atoms with Crippen molar-refractivity contribution in [2.75, 3.05) is 5.32 Å². The second-order valence-corrected chi connectivity index (χ2v) is 6.47. The van der Waals surface area contributed by atoms with Gasteiger partial charge in [0, 0.05) is 5.69 Å². The van der Waals surface area contributed by atoms with Crippen molar-refractivity contribution in [1.82, 2.24) is 10.6 Å². The molecule has 26 heavy (non-hydrogen) atoms. The Kier molecular flexibility index (Phi) is 6.72. The molecule has 2 rings (SSSR count). The number of halogens is 1. The highest BCUT2D eigenvalue weighted by Crippen LogP contribution is 2.14. The first kappa shape index (κ1) is 19.4. The molecule has 0 aliphatic rings. The predicted molar refractivity (Wildman–Crippen MR) is 100 cm³/mol. The molecule has 0 aromatic heterocycles. The molecule has 3 amide bonds. The fourth-order valence-electron chi connectivity index (χ4n) is 2.50. The Labute approximate surface area is 153 Å². The summed E-state index contributed by atoms with van der Waals surface area (Å²) in [4.78, 5) is 24.8. The molecule has 0 saturated heterocycles. The van der Waals surface area contributed by atoms with Crippen LogP contribution in [0, 0.1) is 11.7 Å². The van der Waals surface area contributed by atoms with Crippen LogP contribution in [0.4, 0.5) is 14.9 Å². The van der Waals surface area contributed by atoms with Gasteiger partial charge in [-0.25, -0.2) is 9.18 Å². The van der Waals surface area contributed by atoms with Crippen molar-refractivity contribution in [1.29, 1.82) is 0 Å². The highest BCUT2D eigenvalue weighted by molar-refractivity contribution is 5.93. The molecular weight excluding hydrogens is 333 g/mol. The molecular formula is C20H24FN3O2. The van der Waals surface area contributed by atoms with Gasteiger partial charge in [0.15, 0.2) is 0 Å². The maximum Gasteiger partial charge on any atom is 0.319 e. The summed E-state index contributed by atoms with van der Waals surface area (Å²) in [7, 11) is 0. The van der Waals surface area contributed by atoms with Crippen molar-refractivity contribution >= 4 is 17.6 Å². The SMILES string of the molecule is CC(NC(=O)C(NC(=O)Nc1ccccc1)C(C)C)c1ccc(F)cc1. The maximum absolute atomic E-state index is 13.0. The van der Waals surface area contributed by atoms with Crippen LogP contribution in [0.1, 0.15) is 32.4 Å². The smallest absolute Gasteiger partial charge is 0.319 e. The van der Waals surface area contributed by atoms with E-state index in [2.05, 4.69) is 16.0 Å². The van der Waals surface area contributed by atoms with Gasteiger partial charge in [-0.15, -0.1) is 0 Å². The highest BCUT2D eigenvalue weighted by atomic mass is 19.1. The molecule has 2 aromatic carbocycles. The molecule has 0 bridgehead atoms. The average Bonchev–Trinajstić information content (AvgIpc) is 2.60. The summed E-state index contributed by atoms with van der Waals surface area (Å²) in [6.07, 6.45) is 0. The molecule has 0 spiro atoms. The van der Waals surface area contributed by atoms with Crippen LogP contribution in [-0.4, -0.2) is 18.0 Å². The first-order valence-corrected chi connectivity index (χ1v) is 8.55. The Balaban J connectivity index is 1.98. The number of anilines is 1. The molecule has 5 nitrogen and oxygen atoms in total. The number of carbonyl (C=O) groups is 2. The van der Waals surface area contributed by atoms with Gasteiger partial charge in [-0.2, -0.15) is 0 Å². The Hall–Kier alpha value is -2.89. The van der Waals surface area contributed by atoms with Crippen LogP contribution < -0.4 is 16.0 Å². The topological polar surface area (TPSA) is 70.2 Å². The van der Waals surface area contributed by atoms with Gasteiger partial charge in [0.1, 0.15) is 11.9 Å². The largest absolute Gasteiger partial charge is 0.348 e. The van der Waals surface area contributed by atoms with E-state index in [0.717, 1.165) is 5.56 Å². The van der Waals surface area contributed by atoms with Crippen molar-refractivity contribution in [3.63, 3.8) is 0 Å². The van der Waals surface area contributed by atoms with E-state index in [1.807, 2.05) is 39.0 Å². The average molecular weight is 357 g/mol. The molecule has 0 heterocycles. The normalized spacial score (nSPS) is 13.0. The third kappa shape index (κ3) is 5.58. The van der Waals surface area contributed by atoms with E-state index in [-0.39, 0.29) is 23.7 Å². The van der Waals surface area contributed by atoms with Crippen LogP contribution in [0.15, 0.2) is 54.6 Å². The quantitative estimate of drug-likeness (QED) is 0.735. The van der Waals surface area contributed by atoms with Gasteiger partial charge in [0.2, 0.25) is 5.91 Å². The first-order chi connectivity index (χ1) is 12.4. The first-order valence-electron chi connectivity index (χ1n) is 8.55. The summed E-state index contributed by atoms with van der Waals surface area (Å²) < 4.78 is 13.0. The fraction of sp³-hybridized carbons (Fsp3) is 0.300. The zero-order valence-electron chi connectivity index (χ0n) is 15.1. The molecule has 2 unspecified atom stereocenters. The third-order valence-electron chi connectivity index (χ3n) is 4.00. The standard InChI is InChI=1S/C20H24FN3O2/c1-13(2)18(24-20(26)23-17-7-5-4-6-8-17)19(25)22-14(3)15-9-11-16(21)12-10-15/h4-14,18H,1-3H3,(H,22,25)(H2,23,24,26). The molecule has 0 aliphatic heterocycles. The van der Waals surface area contributed by atoms with Gasteiger partial charge in [-0.3, -0.25) is 4.79 Å². The second kappa shape index (κ2) is 8.99. The summed E-state index contributed by atoms with van der Waals surface area (Å²) in [6, 6.07) is 13.5. The zero-order valence-corrected chi connectivity index (χ0v) is 15.1. The van der Waals surface area contributed by atoms with Crippen LogP contribution in [-0.2, 0) is 4.79 Å². The number of hydrogen-bond acceptors (Lipinski definition) is 2. The molecule has 138 valence electrons. The minimum absolute atomic E-state index is 0.100. The number of urea groups is 1. The Bertz CT molecular complexity index is 732. The van der Waals surface area contributed by atoms with Crippen LogP contribution in [0.25, 0.3) is 0 Å². The zero-order chi connectivity index (χ0) is 19.1. The number of carbonyl (C=O) groups excluding carboxylic acids is 2. The van der Waals surface area contributed by atoms with Crippen molar-refractivity contribution < 1.29 is 14.0 Å². The van der Waals surface area contributed by atoms with E-state index in [0.29, 0.717) is 5.69 Å². The monoisotopic (exact) mass is 357 g/mol. The summed E-state index contributed by atoms with van der Waals surface area (Å²) in [5, 5.41) is 8.27. The fourth-order valence-corrected chi connectivity index (χ4v) is 2.50. The molecule has 0 saturated carbocycles. The molecule has 0 fully saturated rings. The van der Waals surface area contributed by atoms with Crippen LogP contribution in [0.2, 0.25) is 0 Å². The van der Waals surface area contributed by atoms with Crippen molar-refractivity contribution in [3.8, 4) is 0 Å². The predicted octanol–water partition coefficient (Wildman–Crippen LogP) is 3.85. The van der Waals surface area contributed by atoms with Gasteiger partial charge in [0.05, 0.1) is 6.04 Å². The van der Waals surface area contributed by atoms with Crippen molar-refractivity contribution in [2.24, 2.45) is 5.92 Å². The minimum Gasteiger partial charge on any atom is -0.348 e. The van der Waals surface area contributed by atoms with Crippen molar-refractivity contribution in [3.05, 3.63) is 66.0 Å². The van der Waals surface area contributed by atoms with E-state index in [9.17, 15) is 14.0 Å². The Morgan fingerprint density at radius 1 is 0.885 bits per heavy atom. The summed E-state index contributed by atoms with van der Waals surface area (Å²) in [6.45, 7) is 5.53. The number of rotatable bonds is 6. The Morgan fingerprint density at radius 3 is 2.08 bits per heavy atom. The number of nitrogens with one attached hydrogen (secondary N) is 3. The van der Waals surface area contributed by atoms with Gasteiger partial charge in [-0.1, -0.05) is 44.2 Å². The van der Waals surface area contributed by atoms with Crippen molar-refractivity contribution in [2.45, 2.75) is 32.9 Å². The highest BCUT2D eigenvalue weighted by Gasteiger charge is 2.25. The molecule has 6 heteroatoms. The molecule has 0 aliphatic carbocycles. The number of benzene rings is 2. The lowest BCUT2D eigenvalue weighted by atomic mass is 10.0. The number of para-hydroxylation sites is 1. The van der Waals surface area contributed by atoms with E-state index in [1.165, 1.54) is 12.1 Å². The van der Waals surface area contributed by atoms with Crippen LogP contribution >= 0.6 is 0 Å². The summed E-state index contributed by atoms with van der Waals surface area (Å²) >= 11 is 0.